The minimum atomic E-state index is -2.77. The molecule has 1 heterocycles. The lowest BCUT2D eigenvalue weighted by Crippen LogP contribution is -2.57. The molecule has 0 bridgehead atoms. The Morgan fingerprint density at radius 1 is 1.08 bits per heavy atom. The van der Waals surface area contributed by atoms with Gasteiger partial charge in [-0.25, -0.2) is 14.3 Å². The molecule has 3 aromatic rings. The average Bonchev–Trinajstić information content (AvgIpc) is 3.33. The molecule has 0 spiro atoms. The fraction of sp³-hybridized carbons (Fsp3) is 0.308. The van der Waals surface area contributed by atoms with Crippen molar-refractivity contribution in [3.8, 4) is 11.1 Å². The zero-order valence-electron chi connectivity index (χ0n) is 20.6. The molecular formula is C26H28F2N4O4S. The molecule has 0 saturated heterocycles. The Morgan fingerprint density at radius 3 is 2.27 bits per heavy atom. The zero-order chi connectivity index (χ0) is 27.2. The van der Waals surface area contributed by atoms with E-state index in [1.807, 2.05) is 39.0 Å². The highest BCUT2D eigenvalue weighted by Gasteiger charge is 2.44. The molecule has 0 saturated carbocycles. The van der Waals surface area contributed by atoms with Crippen LogP contribution in [-0.2, 0) is 21.7 Å². The number of ether oxygens (including phenoxy) is 1. The third kappa shape index (κ3) is 7.32. The van der Waals surface area contributed by atoms with Crippen LogP contribution in [0.4, 0.5) is 13.6 Å². The highest BCUT2D eigenvalue weighted by Crippen LogP contribution is 2.36. The van der Waals surface area contributed by atoms with Crippen molar-refractivity contribution in [1.82, 2.24) is 20.4 Å². The van der Waals surface area contributed by atoms with E-state index in [4.69, 9.17) is 17.0 Å². The molecule has 0 aliphatic heterocycles. The number of benzene rings is 2. The van der Waals surface area contributed by atoms with Crippen LogP contribution >= 0.6 is 12.2 Å². The molecular weight excluding hydrogens is 502 g/mol. The van der Waals surface area contributed by atoms with Crippen molar-refractivity contribution in [3.05, 3.63) is 78.1 Å². The van der Waals surface area contributed by atoms with Gasteiger partial charge in [-0.1, -0.05) is 75.4 Å². The van der Waals surface area contributed by atoms with E-state index in [0.717, 1.165) is 5.56 Å². The summed E-state index contributed by atoms with van der Waals surface area (Å²) in [6, 6.07) is 15.5. The van der Waals surface area contributed by atoms with Crippen molar-refractivity contribution in [2.24, 2.45) is 5.41 Å². The number of carboxylic acid groups (broad SMARTS) is 1. The topological polar surface area (TPSA) is 105 Å². The molecule has 0 unspecified atom stereocenters. The predicted octanol–water partition coefficient (Wildman–Crippen LogP) is 5.46. The average molecular weight is 531 g/mol. The van der Waals surface area contributed by atoms with Gasteiger partial charge in [0.15, 0.2) is 10.7 Å². The molecule has 3 rings (SSSR count). The maximum absolute atomic E-state index is 12.9. The molecule has 0 fully saturated rings. The van der Waals surface area contributed by atoms with Crippen LogP contribution in [0.15, 0.2) is 67.0 Å². The van der Waals surface area contributed by atoms with E-state index in [2.05, 4.69) is 15.7 Å². The molecule has 37 heavy (non-hydrogen) atoms. The third-order valence-corrected chi connectivity index (χ3v) is 5.63. The second kappa shape index (κ2) is 11.5. The molecule has 3 N–H and O–H groups in total. The lowest BCUT2D eigenvalue weighted by Gasteiger charge is -2.37. The van der Waals surface area contributed by atoms with E-state index in [1.165, 1.54) is 12.4 Å². The number of hydrogen-bond acceptors (Lipinski definition) is 5. The van der Waals surface area contributed by atoms with E-state index in [9.17, 15) is 23.5 Å². The lowest BCUT2D eigenvalue weighted by molar-refractivity contribution is -0.146. The number of nitrogens with zero attached hydrogens (tertiary/aromatic N) is 2. The summed E-state index contributed by atoms with van der Waals surface area (Å²) in [4.78, 5) is 25.0. The first-order chi connectivity index (χ1) is 17.4. The van der Waals surface area contributed by atoms with E-state index in [1.54, 1.807) is 36.4 Å². The Labute approximate surface area is 218 Å². The standard InChI is InChI=1S/C26H28F2N4O4S/c1-25(2,3)16-26(21(33)34,31-23(37)30-24(35)36-15-17-7-5-4-6-8-17)20-11-9-18(10-12-20)19-13-29-32(14-19)22(27)28/h4-14,22H,15-16H2,1-3H3,(H,33,34)(H2,30,31,35,37)/t26-/m1/s1. The van der Waals surface area contributed by atoms with Crippen LogP contribution in [0.25, 0.3) is 11.1 Å². The number of amides is 1. The number of carbonyl (C=O) groups excluding carboxylic acids is 1. The Hall–Kier alpha value is -3.86. The zero-order valence-corrected chi connectivity index (χ0v) is 21.4. The van der Waals surface area contributed by atoms with E-state index < -0.39 is 29.6 Å². The van der Waals surface area contributed by atoms with Gasteiger partial charge in [0, 0.05) is 11.8 Å². The van der Waals surface area contributed by atoms with Crippen LogP contribution in [0.2, 0.25) is 0 Å². The van der Waals surface area contributed by atoms with Crippen LogP contribution in [0.5, 0.6) is 0 Å². The first-order valence-corrected chi connectivity index (χ1v) is 11.8. The molecule has 196 valence electrons. The first kappa shape index (κ1) is 27.7. The van der Waals surface area contributed by atoms with Crippen molar-refractivity contribution in [2.75, 3.05) is 0 Å². The van der Waals surface area contributed by atoms with Crippen LogP contribution in [0, 0.1) is 5.41 Å². The fourth-order valence-electron chi connectivity index (χ4n) is 3.88. The number of aromatic nitrogens is 2. The van der Waals surface area contributed by atoms with Crippen molar-refractivity contribution in [2.45, 2.75) is 45.9 Å². The Kier molecular flexibility index (Phi) is 8.59. The number of alkyl halides is 2. The van der Waals surface area contributed by atoms with Gasteiger partial charge in [-0.3, -0.25) is 5.32 Å². The second-order valence-corrected chi connectivity index (χ2v) is 10.1. The van der Waals surface area contributed by atoms with Gasteiger partial charge in [-0.05, 0) is 40.7 Å². The highest BCUT2D eigenvalue weighted by molar-refractivity contribution is 7.80. The van der Waals surface area contributed by atoms with Gasteiger partial charge in [-0.2, -0.15) is 13.9 Å². The summed E-state index contributed by atoms with van der Waals surface area (Å²) < 4.78 is 31.5. The number of thiocarbonyl (C=S) groups is 1. The first-order valence-electron chi connectivity index (χ1n) is 11.4. The number of carboxylic acids is 1. The Bertz CT molecular complexity index is 1240. The number of hydrogen-bond donors (Lipinski definition) is 3. The molecule has 1 atom stereocenters. The van der Waals surface area contributed by atoms with Gasteiger partial charge in [-0.15, -0.1) is 0 Å². The Morgan fingerprint density at radius 2 is 1.73 bits per heavy atom. The Balaban J connectivity index is 1.82. The largest absolute Gasteiger partial charge is 0.479 e. The van der Waals surface area contributed by atoms with Crippen LogP contribution in [0.1, 0.15) is 44.9 Å². The number of halogens is 2. The predicted molar refractivity (Wildman–Crippen MR) is 138 cm³/mol. The second-order valence-electron chi connectivity index (χ2n) is 9.65. The summed E-state index contributed by atoms with van der Waals surface area (Å²) in [5, 5.41) is 19.0. The van der Waals surface area contributed by atoms with Crippen LogP contribution in [-0.4, -0.2) is 32.1 Å². The summed E-state index contributed by atoms with van der Waals surface area (Å²) >= 11 is 5.28. The van der Waals surface area contributed by atoms with Gasteiger partial charge in [0.25, 0.3) is 0 Å². The molecule has 0 radical (unpaired) electrons. The minimum absolute atomic E-state index is 0.0188. The number of alkyl carbamates (subject to hydrolysis) is 1. The van der Waals surface area contributed by atoms with Crippen LogP contribution in [0.3, 0.4) is 0 Å². The van der Waals surface area contributed by atoms with Gasteiger partial charge in [0.05, 0.1) is 6.20 Å². The lowest BCUT2D eigenvalue weighted by atomic mass is 9.75. The molecule has 0 aliphatic rings. The summed E-state index contributed by atoms with van der Waals surface area (Å²) in [5.41, 5.74) is 0.00967. The summed E-state index contributed by atoms with van der Waals surface area (Å²) in [6.45, 7) is 2.89. The summed E-state index contributed by atoms with van der Waals surface area (Å²) in [7, 11) is 0. The number of nitrogens with one attached hydrogen (secondary N) is 2. The summed E-state index contributed by atoms with van der Waals surface area (Å²) in [5.74, 6) is -1.21. The molecule has 2 aromatic carbocycles. The molecule has 8 nitrogen and oxygen atoms in total. The van der Waals surface area contributed by atoms with Gasteiger partial charge < -0.3 is 15.2 Å². The van der Waals surface area contributed by atoms with Gasteiger partial charge >= 0.3 is 18.6 Å². The number of aliphatic carboxylic acids is 1. The third-order valence-electron chi connectivity index (χ3n) is 5.43. The van der Waals surface area contributed by atoms with Crippen molar-refractivity contribution in [1.29, 1.82) is 0 Å². The van der Waals surface area contributed by atoms with Crippen LogP contribution < -0.4 is 10.6 Å². The molecule has 1 amide bonds. The fourth-order valence-corrected chi connectivity index (χ4v) is 4.14. The smallest absolute Gasteiger partial charge is 0.413 e. The molecule has 0 aliphatic carbocycles. The number of rotatable bonds is 8. The summed E-state index contributed by atoms with van der Waals surface area (Å²) in [6.07, 6.45) is 1.79. The monoisotopic (exact) mass is 530 g/mol. The molecule has 11 heteroatoms. The van der Waals surface area contributed by atoms with Gasteiger partial charge in [0.2, 0.25) is 0 Å². The highest BCUT2D eigenvalue weighted by atomic mass is 32.1. The maximum Gasteiger partial charge on any atom is 0.413 e. The van der Waals surface area contributed by atoms with Crippen molar-refractivity contribution < 1.29 is 28.2 Å². The van der Waals surface area contributed by atoms with E-state index >= 15 is 0 Å². The van der Waals surface area contributed by atoms with Gasteiger partial charge in [0.1, 0.15) is 6.61 Å². The quantitative estimate of drug-likeness (QED) is 0.332. The van der Waals surface area contributed by atoms with Crippen molar-refractivity contribution in [3.63, 3.8) is 0 Å². The SMILES string of the molecule is CC(C)(C)C[C@](NC(=S)NC(=O)OCc1ccccc1)(C(=O)O)c1ccc(-c2cnn(C(F)F)c2)cc1. The molecule has 1 aromatic heterocycles. The number of carbonyl (C=O) groups is 2. The minimum Gasteiger partial charge on any atom is -0.479 e. The van der Waals surface area contributed by atoms with E-state index in [0.29, 0.717) is 21.4 Å². The normalized spacial score (nSPS) is 13.0. The maximum atomic E-state index is 12.9. The van der Waals surface area contributed by atoms with Crippen molar-refractivity contribution >= 4 is 29.4 Å². The van der Waals surface area contributed by atoms with E-state index in [-0.39, 0.29) is 18.1 Å².